The van der Waals surface area contributed by atoms with E-state index in [1.54, 1.807) is 6.08 Å². The van der Waals surface area contributed by atoms with Crippen LogP contribution in [0.3, 0.4) is 0 Å². The highest BCUT2D eigenvalue weighted by atomic mass is 32.1. The van der Waals surface area contributed by atoms with Gasteiger partial charge in [-0.05, 0) is 126 Å². The molecular formula is C46H25NO2S2. The Kier molecular flexibility index (Phi) is 6.00. The zero-order valence-corrected chi connectivity index (χ0v) is 28.6. The quantitative estimate of drug-likeness (QED) is 0.105. The van der Waals surface area contributed by atoms with Crippen LogP contribution < -0.4 is 4.90 Å². The van der Waals surface area contributed by atoms with Gasteiger partial charge in [-0.25, -0.2) is 0 Å². The number of rotatable bonds is 4. The molecule has 10 aromatic rings. The predicted octanol–water partition coefficient (Wildman–Crippen LogP) is 13.1. The number of benzene rings is 8. The summed E-state index contributed by atoms with van der Waals surface area (Å²) in [6.45, 7) is 0. The van der Waals surface area contributed by atoms with Gasteiger partial charge in [0.1, 0.15) is 10.0 Å². The van der Waals surface area contributed by atoms with E-state index in [4.69, 9.17) is 0 Å². The molecule has 0 amide bonds. The highest BCUT2D eigenvalue weighted by Gasteiger charge is 2.33. The van der Waals surface area contributed by atoms with Crippen LogP contribution in [0.2, 0.25) is 0 Å². The number of carbonyl (C=O) groups excluding carboxylic acids is 2. The molecule has 5 heteroatoms. The molecular weight excluding hydrogens is 663 g/mol. The van der Waals surface area contributed by atoms with E-state index in [2.05, 4.69) is 114 Å². The van der Waals surface area contributed by atoms with E-state index < -0.39 is 0 Å². The van der Waals surface area contributed by atoms with Crippen molar-refractivity contribution >= 4 is 119 Å². The third kappa shape index (κ3) is 4.35. The third-order valence-corrected chi connectivity index (χ3v) is 12.4. The van der Waals surface area contributed by atoms with Crippen molar-refractivity contribution in [2.24, 2.45) is 0 Å². The molecule has 0 saturated heterocycles. The smallest absolute Gasteiger partial charge is 0.197 e. The average molecular weight is 688 g/mol. The Hall–Kier alpha value is -6.14. The van der Waals surface area contributed by atoms with Crippen molar-refractivity contribution in [3.8, 4) is 0 Å². The van der Waals surface area contributed by atoms with Gasteiger partial charge >= 0.3 is 0 Å². The van der Waals surface area contributed by atoms with Gasteiger partial charge in [0.2, 0.25) is 0 Å². The van der Waals surface area contributed by atoms with E-state index in [1.165, 1.54) is 51.7 Å². The zero-order chi connectivity index (χ0) is 33.8. The van der Waals surface area contributed by atoms with Gasteiger partial charge in [-0.2, -0.15) is 0 Å². The van der Waals surface area contributed by atoms with Crippen molar-refractivity contribution in [2.45, 2.75) is 0 Å². The number of nitrogens with zero attached hydrogens (tertiary/aromatic N) is 1. The molecule has 2 heterocycles. The summed E-state index contributed by atoms with van der Waals surface area (Å²) >= 11 is 3.62. The number of carbonyl (C=O) groups is 2. The number of allylic oxidation sites excluding steroid dienone is 1. The summed E-state index contributed by atoms with van der Waals surface area (Å²) in [5, 5.41) is 13.7. The molecule has 0 bridgehead atoms. The van der Waals surface area contributed by atoms with Gasteiger partial charge in [-0.1, -0.05) is 84.9 Å². The van der Waals surface area contributed by atoms with Crippen LogP contribution in [-0.2, 0) is 0 Å². The summed E-state index contributed by atoms with van der Waals surface area (Å²) in [6.07, 6.45) is 1.77. The van der Waals surface area contributed by atoms with Crippen LogP contribution in [0.4, 0.5) is 15.7 Å². The molecule has 3 nitrogen and oxygen atoms in total. The van der Waals surface area contributed by atoms with E-state index >= 15 is 0 Å². The Labute approximate surface area is 300 Å². The van der Waals surface area contributed by atoms with E-state index in [0.717, 1.165) is 32.8 Å². The summed E-state index contributed by atoms with van der Waals surface area (Å²) < 4.78 is 2.53. The van der Waals surface area contributed by atoms with Gasteiger partial charge < -0.3 is 0 Å². The fourth-order valence-electron chi connectivity index (χ4n) is 7.88. The summed E-state index contributed by atoms with van der Waals surface area (Å²) in [4.78, 5) is 29.5. The van der Waals surface area contributed by atoms with Crippen molar-refractivity contribution in [2.75, 3.05) is 4.90 Å². The van der Waals surface area contributed by atoms with E-state index in [0.29, 0.717) is 11.1 Å². The summed E-state index contributed by atoms with van der Waals surface area (Å²) in [5.74, 6) is -0.416. The van der Waals surface area contributed by atoms with Crippen molar-refractivity contribution < 1.29 is 9.59 Å². The Bertz CT molecular complexity index is 2880. The molecule has 0 unspecified atom stereocenters. The summed E-state index contributed by atoms with van der Waals surface area (Å²) in [6, 6.07) is 50.8. The van der Waals surface area contributed by atoms with Gasteiger partial charge in [0.25, 0.3) is 0 Å². The summed E-state index contributed by atoms with van der Waals surface area (Å²) in [7, 11) is 0. The second kappa shape index (κ2) is 10.7. The molecule has 0 aliphatic heterocycles. The highest BCUT2D eigenvalue weighted by Crippen LogP contribution is 2.48. The zero-order valence-electron chi connectivity index (χ0n) is 27.0. The number of hydrogen-bond acceptors (Lipinski definition) is 5. The Morgan fingerprint density at radius 3 is 1.33 bits per heavy atom. The van der Waals surface area contributed by atoms with Crippen molar-refractivity contribution in [1.82, 2.24) is 0 Å². The number of Topliss-reactive ketones (excluding diaryl/α,β-unsaturated/α-hetero) is 2. The molecule has 11 rings (SSSR count). The first kappa shape index (κ1) is 28.7. The number of anilines is 3. The Morgan fingerprint density at radius 2 is 0.863 bits per heavy atom. The normalized spacial score (nSPS) is 13.1. The lowest BCUT2D eigenvalue weighted by Crippen LogP contribution is -2.06. The van der Waals surface area contributed by atoms with Crippen LogP contribution in [-0.4, -0.2) is 11.6 Å². The predicted molar refractivity (Wildman–Crippen MR) is 216 cm³/mol. The second-order valence-electron chi connectivity index (χ2n) is 13.3. The Balaban J connectivity index is 1.05. The van der Waals surface area contributed by atoms with Crippen LogP contribution in [0, 0.1) is 0 Å². The molecule has 0 N–H and O–H groups in total. The number of ketones is 2. The largest absolute Gasteiger partial charge is 0.293 e. The molecule has 0 saturated carbocycles. The summed E-state index contributed by atoms with van der Waals surface area (Å²) in [5.41, 5.74) is 3.16. The van der Waals surface area contributed by atoms with Crippen molar-refractivity contribution in [3.05, 3.63) is 168 Å². The maximum atomic E-state index is 13.5. The lowest BCUT2D eigenvalue weighted by atomic mass is 9.92. The minimum atomic E-state index is -0.208. The first-order valence-electron chi connectivity index (χ1n) is 16.9. The molecule has 2 aromatic heterocycles. The van der Waals surface area contributed by atoms with Crippen LogP contribution in [0.25, 0.3) is 69.3 Å². The van der Waals surface area contributed by atoms with Crippen molar-refractivity contribution in [3.63, 3.8) is 0 Å². The SMILES string of the molecule is O=C1C(=Cc2cc3ccc4cc(N(c5cc6ccccc6s5)c5cc6ccccc6s5)cc5ccc(c2)c3c45)C(=O)c2cc3ccccc3cc21. The molecule has 1 aliphatic rings. The average Bonchev–Trinajstić information content (AvgIpc) is 3.84. The van der Waals surface area contributed by atoms with E-state index in [-0.39, 0.29) is 17.1 Å². The maximum Gasteiger partial charge on any atom is 0.197 e. The molecule has 238 valence electrons. The van der Waals surface area contributed by atoms with Crippen LogP contribution in [0.1, 0.15) is 26.3 Å². The van der Waals surface area contributed by atoms with Crippen LogP contribution in [0.15, 0.2) is 151 Å². The fraction of sp³-hybridized carbons (Fsp3) is 0. The standard InChI is InChI=1S/C46H25NO2S2/c48-45-36-22-27-7-1-2-8-28(27)23-37(36)46(49)38(45)19-26-17-31-13-15-33-20-35(21-34-16-14-32(18-26)43(31)44(33)34)47(41-24-29-9-3-5-11-39(29)50-41)42-25-30-10-4-6-12-40(30)51-42/h1-25H. The van der Waals surface area contributed by atoms with Crippen LogP contribution >= 0.6 is 22.7 Å². The van der Waals surface area contributed by atoms with Gasteiger partial charge in [-0.3, -0.25) is 14.5 Å². The lowest BCUT2D eigenvalue weighted by Gasteiger charge is -2.23. The number of fused-ring (bicyclic) bond motifs is 4. The van der Waals surface area contributed by atoms with Crippen LogP contribution in [0.5, 0.6) is 0 Å². The molecule has 0 atom stereocenters. The van der Waals surface area contributed by atoms with Gasteiger partial charge in [-0.15, -0.1) is 22.7 Å². The minimum absolute atomic E-state index is 0.208. The van der Waals surface area contributed by atoms with Gasteiger partial charge in [0.15, 0.2) is 11.6 Å². The van der Waals surface area contributed by atoms with Gasteiger partial charge in [0.05, 0.1) is 5.57 Å². The topological polar surface area (TPSA) is 37.4 Å². The monoisotopic (exact) mass is 687 g/mol. The maximum absolute atomic E-state index is 13.5. The molecule has 0 spiro atoms. The first-order chi connectivity index (χ1) is 25.1. The molecule has 0 radical (unpaired) electrons. The highest BCUT2D eigenvalue weighted by molar-refractivity contribution is 7.25. The molecule has 8 aromatic carbocycles. The first-order valence-corrected chi connectivity index (χ1v) is 18.5. The molecule has 51 heavy (non-hydrogen) atoms. The lowest BCUT2D eigenvalue weighted by molar-refractivity contribution is 0.0990. The fourth-order valence-corrected chi connectivity index (χ4v) is 10.1. The minimum Gasteiger partial charge on any atom is -0.293 e. The Morgan fingerprint density at radius 1 is 0.431 bits per heavy atom. The van der Waals surface area contributed by atoms with Crippen molar-refractivity contribution in [1.29, 1.82) is 0 Å². The number of thiophene rings is 2. The molecule has 0 fully saturated rings. The van der Waals surface area contributed by atoms with Gasteiger partial charge in [0, 0.05) is 26.2 Å². The van der Waals surface area contributed by atoms with E-state index in [1.807, 2.05) is 59.1 Å². The molecule has 1 aliphatic carbocycles. The second-order valence-corrected chi connectivity index (χ2v) is 15.4. The third-order valence-electron chi connectivity index (χ3n) is 10.2. The van der Waals surface area contributed by atoms with E-state index in [9.17, 15) is 9.59 Å². The number of hydrogen-bond donors (Lipinski definition) is 0.